The Morgan fingerprint density at radius 1 is 0.953 bits per heavy atom. The maximum absolute atomic E-state index is 12.8. The number of allylic oxidation sites excluding steroid dienone is 1. The zero-order chi connectivity index (χ0) is 30.9. The van der Waals surface area contributed by atoms with Gasteiger partial charge in [-0.25, -0.2) is 9.59 Å². The minimum Gasteiger partial charge on any atom is -0.495 e. The Kier molecular flexibility index (Phi) is 10.8. The van der Waals surface area contributed by atoms with Gasteiger partial charge in [0, 0.05) is 55.2 Å². The van der Waals surface area contributed by atoms with Gasteiger partial charge in [0.1, 0.15) is 11.7 Å². The lowest BCUT2D eigenvalue weighted by molar-refractivity contribution is -0.143. The number of nitrogens with one attached hydrogen (secondary N) is 3. The van der Waals surface area contributed by atoms with Gasteiger partial charge in [0.25, 0.3) is 0 Å². The maximum Gasteiger partial charge on any atom is 0.336 e. The van der Waals surface area contributed by atoms with Crippen molar-refractivity contribution in [2.75, 3.05) is 57.7 Å². The van der Waals surface area contributed by atoms with E-state index in [4.69, 9.17) is 14.2 Å². The molecule has 230 valence electrons. The fourth-order valence-corrected chi connectivity index (χ4v) is 5.86. The van der Waals surface area contributed by atoms with Crippen molar-refractivity contribution >= 4 is 35.1 Å². The van der Waals surface area contributed by atoms with Crippen LogP contribution in [0.1, 0.15) is 38.2 Å². The van der Waals surface area contributed by atoms with Crippen LogP contribution in [-0.4, -0.2) is 77.2 Å². The average Bonchev–Trinajstić information content (AvgIpc) is 3.02. The summed E-state index contributed by atoms with van der Waals surface area (Å²) in [5.74, 6) is -1.67. The third-order valence-corrected chi connectivity index (χ3v) is 7.96. The second-order valence-corrected chi connectivity index (χ2v) is 10.6. The Bertz CT molecular complexity index is 1380. The van der Waals surface area contributed by atoms with E-state index in [1.807, 2.05) is 24.3 Å². The Balaban J connectivity index is 1.31. The van der Waals surface area contributed by atoms with Gasteiger partial charge in [-0.3, -0.25) is 9.79 Å². The van der Waals surface area contributed by atoms with Crippen molar-refractivity contribution < 1.29 is 28.6 Å². The molecule has 1 saturated heterocycles. The van der Waals surface area contributed by atoms with Gasteiger partial charge in [0.15, 0.2) is 0 Å². The number of hydrogen-bond donors (Lipinski definition) is 3. The Labute approximate surface area is 252 Å². The van der Waals surface area contributed by atoms with Gasteiger partial charge in [0.05, 0.1) is 32.6 Å². The molecule has 11 heteroatoms. The molecule has 3 N–H and O–H groups in total. The lowest BCUT2D eigenvalue weighted by atomic mass is 9.75. The summed E-state index contributed by atoms with van der Waals surface area (Å²) in [5, 5.41) is 9.29. The van der Waals surface area contributed by atoms with Gasteiger partial charge in [-0.05, 0) is 56.5 Å². The monoisotopic (exact) mass is 591 g/mol. The summed E-state index contributed by atoms with van der Waals surface area (Å²) in [6, 6.07) is 15.2. The minimum absolute atomic E-state index is 0.282. The highest BCUT2D eigenvalue weighted by Gasteiger charge is 2.42. The fourth-order valence-electron chi connectivity index (χ4n) is 5.86. The first kappa shape index (κ1) is 31.6. The molecule has 2 aliphatic heterocycles. The predicted octanol–water partition coefficient (Wildman–Crippen LogP) is 3.87. The predicted molar refractivity (Wildman–Crippen MR) is 166 cm³/mol. The van der Waals surface area contributed by atoms with Gasteiger partial charge in [-0.1, -0.05) is 24.3 Å². The molecule has 0 saturated carbocycles. The van der Waals surface area contributed by atoms with E-state index in [1.165, 1.54) is 14.2 Å². The number of carbonyl (C=O) groups excluding carboxylic acids is 3. The van der Waals surface area contributed by atoms with Crippen molar-refractivity contribution in [2.24, 2.45) is 10.9 Å². The first-order valence-electron chi connectivity index (χ1n) is 14.5. The number of benzene rings is 2. The summed E-state index contributed by atoms with van der Waals surface area (Å²) >= 11 is 0. The Morgan fingerprint density at radius 3 is 2.40 bits per heavy atom. The second kappa shape index (κ2) is 14.7. The molecule has 11 nitrogen and oxygen atoms in total. The zero-order valence-corrected chi connectivity index (χ0v) is 25.4. The zero-order valence-electron chi connectivity index (χ0n) is 25.4. The fraction of sp³-hybridized carbons (Fsp3) is 0.438. The van der Waals surface area contributed by atoms with Gasteiger partial charge in [-0.2, -0.15) is 0 Å². The normalized spacial score (nSPS) is 18.9. The molecule has 0 bridgehead atoms. The molecule has 0 aromatic heterocycles. The number of piperidine rings is 1. The molecule has 2 aliphatic rings. The number of carbonyl (C=O) groups is 3. The third kappa shape index (κ3) is 7.53. The molecule has 2 aromatic carbocycles. The molecule has 2 amide bonds. The summed E-state index contributed by atoms with van der Waals surface area (Å²) in [6.07, 6.45) is 1.99. The number of ether oxygens (including phenoxy) is 3. The van der Waals surface area contributed by atoms with Crippen molar-refractivity contribution in [1.29, 1.82) is 0 Å². The Morgan fingerprint density at radius 2 is 1.70 bits per heavy atom. The number of rotatable bonds is 10. The standard InChI is InChI=1S/C32H41N5O6/c1-20-27(30(38)42-4)29(28(21(2)35-20)31(39)43-5)22-9-8-10-24(19-22)36-32(40)34-16-15-33-23-13-17-37(18-14-23)25-11-6-7-12-26(25)41-3/h6-12,19,23,27,29,33H,13-18H2,1-5H3,(H2,34,36,40). The minimum atomic E-state index is -0.806. The summed E-state index contributed by atoms with van der Waals surface area (Å²) in [7, 11) is 4.29. The van der Waals surface area contributed by atoms with Gasteiger partial charge in [-0.15, -0.1) is 0 Å². The van der Waals surface area contributed by atoms with Crippen molar-refractivity contribution in [3.63, 3.8) is 0 Å². The van der Waals surface area contributed by atoms with Crippen LogP contribution in [-0.2, 0) is 19.1 Å². The van der Waals surface area contributed by atoms with E-state index in [9.17, 15) is 14.4 Å². The molecule has 2 unspecified atom stereocenters. The summed E-state index contributed by atoms with van der Waals surface area (Å²) in [4.78, 5) is 45.0. The number of anilines is 2. The Hall–Kier alpha value is -4.38. The average molecular weight is 592 g/mol. The summed E-state index contributed by atoms with van der Waals surface area (Å²) in [5.41, 5.74) is 3.59. The third-order valence-electron chi connectivity index (χ3n) is 7.96. The molecule has 0 spiro atoms. The van der Waals surface area contributed by atoms with Crippen molar-refractivity contribution in [1.82, 2.24) is 10.6 Å². The van der Waals surface area contributed by atoms with E-state index in [1.54, 1.807) is 39.2 Å². The molecule has 2 heterocycles. The highest BCUT2D eigenvalue weighted by molar-refractivity contribution is 6.07. The highest BCUT2D eigenvalue weighted by atomic mass is 16.5. The second-order valence-electron chi connectivity index (χ2n) is 10.6. The lowest BCUT2D eigenvalue weighted by Gasteiger charge is -2.34. The SMILES string of the molecule is COC(=O)C1=C(C)N=C(C)C(C(=O)OC)C1c1cccc(NC(=O)NCCNC2CCN(c3ccccc3OC)CC2)c1. The summed E-state index contributed by atoms with van der Waals surface area (Å²) in [6.45, 7) is 6.40. The number of amides is 2. The van der Waals surface area contributed by atoms with Gasteiger partial charge >= 0.3 is 18.0 Å². The van der Waals surface area contributed by atoms with Crippen LogP contribution in [0.25, 0.3) is 0 Å². The van der Waals surface area contributed by atoms with Crippen LogP contribution in [0.2, 0.25) is 0 Å². The topological polar surface area (TPSA) is 131 Å². The van der Waals surface area contributed by atoms with E-state index in [0.29, 0.717) is 41.8 Å². The van der Waals surface area contributed by atoms with Gasteiger partial charge < -0.3 is 35.1 Å². The molecular formula is C32H41N5O6. The molecule has 1 fully saturated rings. The van der Waals surface area contributed by atoms with E-state index in [2.05, 4.69) is 31.9 Å². The number of esters is 2. The number of nitrogens with zero attached hydrogens (tertiary/aromatic N) is 2. The molecule has 43 heavy (non-hydrogen) atoms. The first-order valence-corrected chi connectivity index (χ1v) is 14.5. The number of urea groups is 1. The van der Waals surface area contributed by atoms with E-state index >= 15 is 0 Å². The van der Waals surface area contributed by atoms with E-state index < -0.39 is 23.8 Å². The lowest BCUT2D eigenvalue weighted by Crippen LogP contribution is -2.45. The van der Waals surface area contributed by atoms with Crippen LogP contribution in [0.4, 0.5) is 16.2 Å². The van der Waals surface area contributed by atoms with Crippen LogP contribution in [0.3, 0.4) is 0 Å². The molecule has 0 aliphatic carbocycles. The smallest absolute Gasteiger partial charge is 0.336 e. The largest absolute Gasteiger partial charge is 0.495 e. The first-order chi connectivity index (χ1) is 20.8. The number of methoxy groups -OCH3 is 3. The van der Waals surface area contributed by atoms with Crippen molar-refractivity contribution in [3.05, 3.63) is 65.4 Å². The van der Waals surface area contributed by atoms with Crippen LogP contribution in [0.15, 0.2) is 64.8 Å². The molecule has 0 radical (unpaired) electrons. The van der Waals surface area contributed by atoms with Gasteiger partial charge in [0.2, 0.25) is 0 Å². The van der Waals surface area contributed by atoms with E-state index in [0.717, 1.165) is 37.4 Å². The summed E-state index contributed by atoms with van der Waals surface area (Å²) < 4.78 is 15.6. The van der Waals surface area contributed by atoms with Crippen LogP contribution in [0, 0.1) is 5.92 Å². The van der Waals surface area contributed by atoms with Crippen LogP contribution < -0.4 is 25.6 Å². The molecular weight excluding hydrogens is 550 g/mol. The van der Waals surface area contributed by atoms with Crippen LogP contribution in [0.5, 0.6) is 5.75 Å². The van der Waals surface area contributed by atoms with E-state index in [-0.39, 0.29) is 11.6 Å². The quantitative estimate of drug-likeness (QED) is 0.281. The maximum atomic E-state index is 12.8. The number of hydrogen-bond acceptors (Lipinski definition) is 9. The van der Waals surface area contributed by atoms with Crippen molar-refractivity contribution in [3.8, 4) is 5.75 Å². The number of para-hydroxylation sites is 2. The highest BCUT2D eigenvalue weighted by Crippen LogP contribution is 2.40. The molecule has 2 aromatic rings. The molecule has 4 rings (SSSR count). The van der Waals surface area contributed by atoms with Crippen molar-refractivity contribution in [2.45, 2.75) is 38.6 Å². The van der Waals surface area contributed by atoms with Crippen LogP contribution >= 0.6 is 0 Å². The molecule has 2 atom stereocenters. The number of aliphatic imine (C=N–C) groups is 1.